The molecule has 0 heterocycles. The van der Waals surface area contributed by atoms with Crippen molar-refractivity contribution >= 4 is 12.0 Å². The van der Waals surface area contributed by atoms with E-state index in [4.69, 9.17) is 4.74 Å². The lowest BCUT2D eigenvalue weighted by Gasteiger charge is -2.07. The van der Waals surface area contributed by atoms with Crippen molar-refractivity contribution in [3.05, 3.63) is 76.9 Å². The first-order valence-corrected chi connectivity index (χ1v) is 10.7. The van der Waals surface area contributed by atoms with Crippen LogP contribution in [0.1, 0.15) is 68.7 Å². The smallest absolute Gasteiger partial charge is 0.330 e. The van der Waals surface area contributed by atoms with Crippen LogP contribution in [0.5, 0.6) is 0 Å². The molecule has 0 N–H and O–H groups in total. The molecule has 0 bridgehead atoms. The van der Waals surface area contributed by atoms with Gasteiger partial charge in [-0.2, -0.15) is 0 Å². The van der Waals surface area contributed by atoms with E-state index in [-0.39, 0.29) is 5.97 Å². The van der Waals surface area contributed by atoms with Crippen LogP contribution < -0.4 is 0 Å². The second-order valence-corrected chi connectivity index (χ2v) is 7.33. The maximum Gasteiger partial charge on any atom is 0.330 e. The van der Waals surface area contributed by atoms with Crippen LogP contribution in [0.15, 0.2) is 54.6 Å². The fraction of sp³-hybridized carbons (Fsp3) is 0.321. The first kappa shape index (κ1) is 23.1. The van der Waals surface area contributed by atoms with Gasteiger partial charge in [0.15, 0.2) is 0 Å². The number of carbonyl (C=O) groups is 1. The SMILES string of the molecule is CCCCC#Cc1ccc(C#Cc2ccc(/C=C/C(=O)OCC(C)CC)cc2)cc1. The van der Waals surface area contributed by atoms with Crippen molar-refractivity contribution in [3.8, 4) is 23.7 Å². The molecule has 2 nitrogen and oxygen atoms in total. The van der Waals surface area contributed by atoms with Crippen molar-refractivity contribution in [2.75, 3.05) is 6.61 Å². The Bertz CT molecular complexity index is 942. The minimum absolute atomic E-state index is 0.308. The van der Waals surface area contributed by atoms with Crippen molar-refractivity contribution in [3.63, 3.8) is 0 Å². The van der Waals surface area contributed by atoms with Gasteiger partial charge in [0.2, 0.25) is 0 Å². The highest BCUT2D eigenvalue weighted by Gasteiger charge is 2.02. The quantitative estimate of drug-likeness (QED) is 0.239. The van der Waals surface area contributed by atoms with E-state index in [0.29, 0.717) is 12.5 Å². The van der Waals surface area contributed by atoms with Gasteiger partial charge in [0.25, 0.3) is 0 Å². The zero-order valence-electron chi connectivity index (χ0n) is 18.2. The first-order chi connectivity index (χ1) is 14.6. The Kier molecular flexibility index (Phi) is 10.0. The predicted octanol–water partition coefficient (Wildman–Crippen LogP) is 6.23. The molecule has 0 radical (unpaired) electrons. The van der Waals surface area contributed by atoms with Gasteiger partial charge in [-0.05, 0) is 60.4 Å². The molecule has 1 unspecified atom stereocenters. The van der Waals surface area contributed by atoms with Gasteiger partial charge in [-0.15, -0.1) is 0 Å². The molecular weight excluding hydrogens is 368 g/mol. The summed E-state index contributed by atoms with van der Waals surface area (Å²) in [7, 11) is 0. The summed E-state index contributed by atoms with van der Waals surface area (Å²) in [6.45, 7) is 6.78. The average molecular weight is 399 g/mol. The number of carbonyl (C=O) groups excluding carboxylic acids is 1. The van der Waals surface area contributed by atoms with E-state index in [1.54, 1.807) is 6.08 Å². The molecule has 2 aromatic rings. The standard InChI is InChI=1S/C28H30O2/c1-4-6-7-8-9-24-10-12-25(13-11-24)14-15-26-16-18-27(19-17-26)20-21-28(29)30-22-23(3)5-2/h10-13,16-21,23H,4-7,22H2,1-3H3/b21-20+. The molecule has 0 amide bonds. The number of benzene rings is 2. The second kappa shape index (κ2) is 13.1. The zero-order chi connectivity index (χ0) is 21.6. The Hall–Kier alpha value is -3.23. The Morgan fingerprint density at radius 3 is 2.07 bits per heavy atom. The van der Waals surface area contributed by atoms with Gasteiger partial charge in [0.1, 0.15) is 0 Å². The lowest BCUT2D eigenvalue weighted by molar-refractivity contribution is -0.138. The monoisotopic (exact) mass is 398 g/mol. The lowest BCUT2D eigenvalue weighted by atomic mass is 10.1. The summed E-state index contributed by atoms with van der Waals surface area (Å²) in [6.07, 6.45) is 7.49. The predicted molar refractivity (Wildman–Crippen MR) is 125 cm³/mol. The molecule has 0 aliphatic carbocycles. The molecule has 2 rings (SSSR count). The minimum Gasteiger partial charge on any atom is -0.462 e. The summed E-state index contributed by atoms with van der Waals surface area (Å²) in [5.41, 5.74) is 3.85. The summed E-state index contributed by atoms with van der Waals surface area (Å²) in [5.74, 6) is 12.8. The largest absolute Gasteiger partial charge is 0.462 e. The molecule has 0 aliphatic heterocycles. The highest BCUT2D eigenvalue weighted by atomic mass is 16.5. The summed E-state index contributed by atoms with van der Waals surface area (Å²) in [6, 6.07) is 15.8. The van der Waals surface area contributed by atoms with Crippen LogP contribution in [0.4, 0.5) is 0 Å². The third-order valence-corrected chi connectivity index (χ3v) is 4.65. The topological polar surface area (TPSA) is 26.3 Å². The number of hydrogen-bond acceptors (Lipinski definition) is 2. The average Bonchev–Trinajstić information content (AvgIpc) is 2.79. The Morgan fingerprint density at radius 2 is 1.50 bits per heavy atom. The van der Waals surface area contributed by atoms with Crippen LogP contribution in [-0.4, -0.2) is 12.6 Å². The van der Waals surface area contributed by atoms with Crippen molar-refractivity contribution in [2.45, 2.75) is 46.5 Å². The fourth-order valence-electron chi connectivity index (χ4n) is 2.44. The van der Waals surface area contributed by atoms with E-state index in [2.05, 4.69) is 44.5 Å². The molecule has 154 valence electrons. The van der Waals surface area contributed by atoms with E-state index in [1.807, 2.05) is 48.5 Å². The summed E-state index contributed by atoms with van der Waals surface area (Å²) < 4.78 is 5.21. The fourth-order valence-corrected chi connectivity index (χ4v) is 2.44. The van der Waals surface area contributed by atoms with E-state index in [0.717, 1.165) is 41.5 Å². The summed E-state index contributed by atoms with van der Waals surface area (Å²) in [4.78, 5) is 11.7. The van der Waals surface area contributed by atoms with Crippen LogP contribution >= 0.6 is 0 Å². The van der Waals surface area contributed by atoms with Gasteiger partial charge < -0.3 is 4.74 Å². The van der Waals surface area contributed by atoms with Gasteiger partial charge >= 0.3 is 5.97 Å². The molecule has 0 spiro atoms. The molecule has 0 fully saturated rings. The molecular formula is C28H30O2. The lowest BCUT2D eigenvalue weighted by Crippen LogP contribution is -2.08. The first-order valence-electron chi connectivity index (χ1n) is 10.7. The number of hydrogen-bond donors (Lipinski definition) is 0. The maximum atomic E-state index is 11.7. The molecule has 0 aliphatic rings. The third kappa shape index (κ3) is 8.85. The Labute approximate surface area is 181 Å². The van der Waals surface area contributed by atoms with Crippen LogP contribution in [0.3, 0.4) is 0 Å². The van der Waals surface area contributed by atoms with Gasteiger partial charge in [-0.25, -0.2) is 4.79 Å². The van der Waals surface area contributed by atoms with Crippen molar-refractivity contribution in [2.24, 2.45) is 5.92 Å². The summed E-state index contributed by atoms with van der Waals surface area (Å²) >= 11 is 0. The van der Waals surface area contributed by atoms with Crippen LogP contribution in [0.25, 0.3) is 6.08 Å². The van der Waals surface area contributed by atoms with Gasteiger partial charge in [-0.1, -0.05) is 69.4 Å². The van der Waals surface area contributed by atoms with Crippen molar-refractivity contribution < 1.29 is 9.53 Å². The van der Waals surface area contributed by atoms with E-state index >= 15 is 0 Å². The van der Waals surface area contributed by atoms with Crippen molar-refractivity contribution in [1.82, 2.24) is 0 Å². The summed E-state index contributed by atoms with van der Waals surface area (Å²) in [5, 5.41) is 0. The molecule has 2 heteroatoms. The maximum absolute atomic E-state index is 11.7. The minimum atomic E-state index is -0.308. The number of esters is 1. The molecule has 2 aromatic carbocycles. The van der Waals surface area contributed by atoms with Crippen LogP contribution in [0.2, 0.25) is 0 Å². The Balaban J connectivity index is 1.90. The van der Waals surface area contributed by atoms with Crippen molar-refractivity contribution in [1.29, 1.82) is 0 Å². The van der Waals surface area contributed by atoms with Gasteiger partial charge in [0, 0.05) is 29.2 Å². The highest BCUT2D eigenvalue weighted by molar-refractivity contribution is 5.87. The second-order valence-electron chi connectivity index (χ2n) is 7.33. The highest BCUT2D eigenvalue weighted by Crippen LogP contribution is 2.08. The number of rotatable bonds is 7. The number of unbranched alkanes of at least 4 members (excludes halogenated alkanes) is 2. The van der Waals surface area contributed by atoms with Gasteiger partial charge in [0.05, 0.1) is 6.61 Å². The van der Waals surface area contributed by atoms with Crippen LogP contribution in [-0.2, 0) is 9.53 Å². The molecule has 1 atom stereocenters. The molecule has 0 saturated heterocycles. The van der Waals surface area contributed by atoms with E-state index in [1.165, 1.54) is 12.5 Å². The van der Waals surface area contributed by atoms with E-state index < -0.39 is 0 Å². The van der Waals surface area contributed by atoms with Gasteiger partial charge in [-0.3, -0.25) is 0 Å². The molecule has 0 saturated carbocycles. The molecule has 0 aromatic heterocycles. The normalized spacial score (nSPS) is 11.2. The Morgan fingerprint density at radius 1 is 0.933 bits per heavy atom. The zero-order valence-corrected chi connectivity index (χ0v) is 18.2. The van der Waals surface area contributed by atoms with E-state index in [9.17, 15) is 4.79 Å². The number of ether oxygens (including phenoxy) is 1. The van der Waals surface area contributed by atoms with Crippen LogP contribution in [0, 0.1) is 29.6 Å². The third-order valence-electron chi connectivity index (χ3n) is 4.65. The molecule has 30 heavy (non-hydrogen) atoms.